The van der Waals surface area contributed by atoms with Crippen molar-refractivity contribution in [1.29, 1.82) is 0 Å². The fourth-order valence-corrected chi connectivity index (χ4v) is 3.45. The molecule has 112 valence electrons. The monoisotopic (exact) mass is 360 g/mol. The minimum absolute atomic E-state index is 0.209. The molecule has 0 aliphatic heterocycles. The fraction of sp³-hybridized carbons (Fsp3) is 0.500. The summed E-state index contributed by atoms with van der Waals surface area (Å²) in [4.78, 5) is 12.7. The number of amides is 1. The van der Waals surface area contributed by atoms with E-state index in [1.165, 1.54) is 0 Å². The van der Waals surface area contributed by atoms with Crippen LogP contribution in [0, 0.1) is 0 Å². The largest absolute Gasteiger partial charge is 0.399 e. The van der Waals surface area contributed by atoms with Crippen LogP contribution in [-0.4, -0.2) is 20.9 Å². The normalized spacial score (nSPS) is 14.7. The van der Waals surface area contributed by atoms with E-state index in [0.29, 0.717) is 15.1 Å². The molecule has 0 saturated carbocycles. The molecule has 2 unspecified atom stereocenters. The zero-order valence-electron chi connectivity index (χ0n) is 12.2. The van der Waals surface area contributed by atoms with Gasteiger partial charge >= 0.3 is 0 Å². The van der Waals surface area contributed by atoms with Crippen molar-refractivity contribution < 1.29 is 9.00 Å². The lowest BCUT2D eigenvalue weighted by atomic mass is 10.0. The zero-order chi connectivity index (χ0) is 15.5. The molecule has 3 N–H and O–H groups in total. The van der Waals surface area contributed by atoms with Gasteiger partial charge in [0, 0.05) is 15.7 Å². The van der Waals surface area contributed by atoms with Crippen LogP contribution in [0.2, 0.25) is 0 Å². The quantitative estimate of drug-likeness (QED) is 0.793. The van der Waals surface area contributed by atoms with Gasteiger partial charge in [-0.3, -0.25) is 9.00 Å². The van der Waals surface area contributed by atoms with Crippen molar-refractivity contribution in [3.8, 4) is 0 Å². The lowest BCUT2D eigenvalue weighted by Gasteiger charge is -2.26. The number of hydrogen-bond donors (Lipinski definition) is 2. The molecule has 6 heteroatoms. The van der Waals surface area contributed by atoms with Gasteiger partial charge in [0.05, 0.1) is 15.7 Å². The van der Waals surface area contributed by atoms with E-state index in [-0.39, 0.29) is 11.4 Å². The van der Waals surface area contributed by atoms with Gasteiger partial charge in [-0.15, -0.1) is 0 Å². The molecule has 0 saturated heterocycles. The van der Waals surface area contributed by atoms with Gasteiger partial charge in [0.25, 0.3) is 0 Å². The Morgan fingerprint density at radius 3 is 2.60 bits per heavy atom. The second-order valence-corrected chi connectivity index (χ2v) is 7.95. The van der Waals surface area contributed by atoms with Crippen molar-refractivity contribution in [2.45, 2.75) is 49.8 Å². The average molecular weight is 361 g/mol. The molecule has 0 aliphatic carbocycles. The van der Waals surface area contributed by atoms with Crippen molar-refractivity contribution in [1.82, 2.24) is 5.32 Å². The van der Waals surface area contributed by atoms with Gasteiger partial charge in [0.15, 0.2) is 0 Å². The van der Waals surface area contributed by atoms with E-state index in [4.69, 9.17) is 5.73 Å². The summed E-state index contributed by atoms with van der Waals surface area (Å²) in [6, 6.07) is 5.05. The number of rotatable bonds is 5. The van der Waals surface area contributed by atoms with E-state index in [1.54, 1.807) is 25.1 Å². The molecular formula is C14H21BrN2O2S. The number of nitrogens with two attached hydrogens (primary N) is 1. The summed E-state index contributed by atoms with van der Waals surface area (Å²) < 4.78 is 13.1. The van der Waals surface area contributed by atoms with Crippen LogP contribution in [0.5, 0.6) is 0 Å². The van der Waals surface area contributed by atoms with Gasteiger partial charge in [-0.05, 0) is 61.3 Å². The van der Waals surface area contributed by atoms with Crippen LogP contribution < -0.4 is 11.1 Å². The van der Waals surface area contributed by atoms with E-state index < -0.39 is 16.0 Å². The number of halogens is 1. The number of nitrogens with one attached hydrogen (secondary N) is 1. The summed E-state index contributed by atoms with van der Waals surface area (Å²) in [5.74, 6) is -0.209. The summed E-state index contributed by atoms with van der Waals surface area (Å²) in [6.45, 7) is 7.55. The molecule has 0 aliphatic rings. The number of carbonyl (C=O) groups is 1. The Morgan fingerprint density at radius 2 is 2.10 bits per heavy atom. The van der Waals surface area contributed by atoms with Gasteiger partial charge in [0.2, 0.25) is 5.91 Å². The first-order valence-corrected chi connectivity index (χ1v) is 8.46. The second kappa shape index (κ2) is 6.72. The Labute approximate surface area is 131 Å². The average Bonchev–Trinajstić information content (AvgIpc) is 2.36. The fourth-order valence-electron chi connectivity index (χ4n) is 1.49. The summed E-state index contributed by atoms with van der Waals surface area (Å²) in [7, 11) is -1.43. The Bertz CT molecular complexity index is 532. The molecule has 0 bridgehead atoms. The molecule has 0 heterocycles. The van der Waals surface area contributed by atoms with Crippen LogP contribution in [0.15, 0.2) is 27.6 Å². The maximum atomic E-state index is 12.5. The predicted molar refractivity (Wildman–Crippen MR) is 86.9 cm³/mol. The van der Waals surface area contributed by atoms with Crippen molar-refractivity contribution in [2.75, 3.05) is 5.73 Å². The third-order valence-corrected chi connectivity index (χ3v) is 5.77. The molecule has 1 rings (SSSR count). The van der Waals surface area contributed by atoms with E-state index in [9.17, 15) is 9.00 Å². The summed E-state index contributed by atoms with van der Waals surface area (Å²) in [5, 5.41) is 2.29. The summed E-state index contributed by atoms with van der Waals surface area (Å²) in [5.41, 5.74) is 5.94. The van der Waals surface area contributed by atoms with E-state index in [1.807, 2.05) is 20.8 Å². The first kappa shape index (κ1) is 17.2. The molecule has 2 atom stereocenters. The molecule has 0 spiro atoms. The maximum Gasteiger partial charge on any atom is 0.236 e. The predicted octanol–water partition coefficient (Wildman–Crippen LogP) is 2.83. The first-order chi connectivity index (χ1) is 9.18. The Kier molecular flexibility index (Phi) is 5.77. The molecule has 1 aromatic carbocycles. The van der Waals surface area contributed by atoms with E-state index in [0.717, 1.165) is 6.42 Å². The summed E-state index contributed by atoms with van der Waals surface area (Å²) >= 11 is 3.34. The molecule has 0 aromatic heterocycles. The highest BCUT2D eigenvalue weighted by Crippen LogP contribution is 2.25. The van der Waals surface area contributed by atoms with Gasteiger partial charge in [-0.1, -0.05) is 6.92 Å². The lowest BCUT2D eigenvalue weighted by Crippen LogP contribution is -2.47. The molecular weight excluding hydrogens is 340 g/mol. The summed E-state index contributed by atoms with van der Waals surface area (Å²) in [6.07, 6.45) is 0.809. The molecule has 0 fully saturated rings. The van der Waals surface area contributed by atoms with E-state index >= 15 is 0 Å². The first-order valence-electron chi connectivity index (χ1n) is 6.45. The highest BCUT2D eigenvalue weighted by Gasteiger charge is 2.27. The number of hydrogen-bond acceptors (Lipinski definition) is 3. The highest BCUT2D eigenvalue weighted by molar-refractivity contribution is 9.10. The number of benzene rings is 1. The number of carbonyl (C=O) groups excluding carboxylic acids is 1. The minimum Gasteiger partial charge on any atom is -0.399 e. The Balaban J connectivity index is 2.89. The van der Waals surface area contributed by atoms with Gasteiger partial charge in [0.1, 0.15) is 5.25 Å². The van der Waals surface area contributed by atoms with Crippen LogP contribution in [0.3, 0.4) is 0 Å². The third kappa shape index (κ3) is 4.31. The molecule has 4 nitrogen and oxygen atoms in total. The topological polar surface area (TPSA) is 72.2 Å². The van der Waals surface area contributed by atoms with Gasteiger partial charge in [-0.25, -0.2) is 0 Å². The molecule has 0 radical (unpaired) electrons. The van der Waals surface area contributed by atoms with Crippen LogP contribution in [0.1, 0.15) is 34.1 Å². The van der Waals surface area contributed by atoms with Gasteiger partial charge in [-0.2, -0.15) is 0 Å². The van der Waals surface area contributed by atoms with Crippen molar-refractivity contribution in [3.63, 3.8) is 0 Å². The Morgan fingerprint density at radius 1 is 1.50 bits per heavy atom. The van der Waals surface area contributed by atoms with Crippen LogP contribution in [0.25, 0.3) is 0 Å². The molecule has 1 amide bonds. The third-order valence-electron chi connectivity index (χ3n) is 3.21. The molecule has 1 aromatic rings. The zero-order valence-corrected chi connectivity index (χ0v) is 14.6. The van der Waals surface area contributed by atoms with Crippen LogP contribution >= 0.6 is 15.9 Å². The van der Waals surface area contributed by atoms with Crippen molar-refractivity contribution in [2.24, 2.45) is 0 Å². The second-order valence-electron chi connectivity index (χ2n) is 5.36. The standard InChI is InChI=1S/C14H21BrN2O2S/c1-5-14(3,4)17-13(18)9(2)20(19)12-7-6-10(16)8-11(12)15/h6-9H,5,16H2,1-4H3,(H,17,18). The number of nitrogen functional groups attached to an aromatic ring is 1. The van der Waals surface area contributed by atoms with Crippen molar-refractivity contribution >= 4 is 38.3 Å². The SMILES string of the molecule is CCC(C)(C)NC(=O)C(C)S(=O)c1ccc(N)cc1Br. The highest BCUT2D eigenvalue weighted by atomic mass is 79.9. The van der Waals surface area contributed by atoms with Crippen LogP contribution in [0.4, 0.5) is 5.69 Å². The van der Waals surface area contributed by atoms with Crippen LogP contribution in [-0.2, 0) is 15.6 Å². The number of anilines is 1. The maximum absolute atomic E-state index is 12.5. The Hall–Kier alpha value is -0.880. The minimum atomic E-state index is -1.43. The van der Waals surface area contributed by atoms with E-state index in [2.05, 4.69) is 21.2 Å². The smallest absolute Gasteiger partial charge is 0.236 e. The van der Waals surface area contributed by atoms with Gasteiger partial charge < -0.3 is 11.1 Å². The lowest BCUT2D eigenvalue weighted by molar-refractivity contribution is -0.121. The molecule has 20 heavy (non-hydrogen) atoms. The van der Waals surface area contributed by atoms with Crippen molar-refractivity contribution in [3.05, 3.63) is 22.7 Å².